The summed E-state index contributed by atoms with van der Waals surface area (Å²) in [6.45, 7) is 8.02. The van der Waals surface area contributed by atoms with Crippen molar-refractivity contribution in [3.05, 3.63) is 21.9 Å². The lowest BCUT2D eigenvalue weighted by Crippen LogP contribution is -2.41. The number of thiophene rings is 1. The summed E-state index contributed by atoms with van der Waals surface area (Å²) in [6, 6.07) is 2.13. The Bertz CT molecular complexity index is 603. The molecule has 1 atom stereocenters. The Kier molecular flexibility index (Phi) is 12.7. The lowest BCUT2D eigenvalue weighted by Gasteiger charge is -2.27. The molecule has 28 heavy (non-hydrogen) atoms. The lowest BCUT2D eigenvalue weighted by molar-refractivity contribution is -0.131. The maximum Gasteiger partial charge on any atom is 0.224 e. The highest BCUT2D eigenvalue weighted by Gasteiger charge is 2.21. The molecule has 3 N–H and O–H groups in total. The van der Waals surface area contributed by atoms with Gasteiger partial charge in [0.2, 0.25) is 5.91 Å². The zero-order chi connectivity index (χ0) is 19.5. The zero-order valence-electron chi connectivity index (χ0n) is 17.1. The van der Waals surface area contributed by atoms with E-state index in [-0.39, 0.29) is 36.5 Å². The Hall–Kier alpha value is -0.870. The van der Waals surface area contributed by atoms with E-state index < -0.39 is 0 Å². The van der Waals surface area contributed by atoms with Gasteiger partial charge in [0.05, 0.1) is 0 Å². The van der Waals surface area contributed by atoms with Gasteiger partial charge < -0.3 is 20.6 Å². The molecule has 0 saturated heterocycles. The van der Waals surface area contributed by atoms with Crippen molar-refractivity contribution in [2.24, 2.45) is 10.9 Å². The molecule has 1 aromatic rings. The first-order valence-corrected chi connectivity index (χ1v) is 11.0. The lowest BCUT2D eigenvalue weighted by atomic mass is 10.0. The molecule has 0 saturated carbocycles. The van der Waals surface area contributed by atoms with Crippen LogP contribution in [0.1, 0.15) is 50.0 Å². The molecule has 8 heteroatoms. The van der Waals surface area contributed by atoms with E-state index in [2.05, 4.69) is 34.0 Å². The second-order valence-corrected chi connectivity index (χ2v) is 8.00. The van der Waals surface area contributed by atoms with Gasteiger partial charge in [0.15, 0.2) is 5.96 Å². The zero-order valence-corrected chi connectivity index (χ0v) is 20.2. The van der Waals surface area contributed by atoms with Crippen LogP contribution in [0.25, 0.3) is 0 Å². The fraction of sp³-hybridized carbons (Fsp3) is 0.700. The van der Waals surface area contributed by atoms with E-state index in [9.17, 15) is 9.90 Å². The number of amides is 1. The van der Waals surface area contributed by atoms with Gasteiger partial charge >= 0.3 is 0 Å². The second-order valence-electron chi connectivity index (χ2n) is 7.00. The first-order valence-electron chi connectivity index (χ1n) is 10.1. The highest BCUT2D eigenvalue weighted by atomic mass is 127. The van der Waals surface area contributed by atoms with Crippen molar-refractivity contribution in [3.63, 3.8) is 0 Å². The summed E-state index contributed by atoms with van der Waals surface area (Å²) in [5.41, 5.74) is 1.30. The predicted octanol–water partition coefficient (Wildman–Crippen LogP) is 2.99. The topological polar surface area (TPSA) is 77.0 Å². The van der Waals surface area contributed by atoms with Crippen molar-refractivity contribution in [3.8, 4) is 0 Å². The van der Waals surface area contributed by atoms with Crippen molar-refractivity contribution < 1.29 is 9.90 Å². The first-order chi connectivity index (χ1) is 13.2. The number of rotatable bonds is 10. The first kappa shape index (κ1) is 25.2. The second kappa shape index (κ2) is 14.2. The van der Waals surface area contributed by atoms with Crippen LogP contribution in [0.15, 0.2) is 16.4 Å². The highest BCUT2D eigenvalue weighted by molar-refractivity contribution is 14.0. The van der Waals surface area contributed by atoms with Crippen molar-refractivity contribution in [2.75, 3.05) is 32.8 Å². The van der Waals surface area contributed by atoms with Crippen LogP contribution in [0.3, 0.4) is 0 Å². The number of aliphatic imine (C=N–C) groups is 1. The van der Waals surface area contributed by atoms with E-state index in [0.29, 0.717) is 25.4 Å². The molecule has 1 amide bonds. The standard InChI is InChI=1S/C20H34N4O2S.HI/c1-3-5-16(8-12-25)14-23-20(21-4-2)22-10-6-19(26)24-11-7-18-17(15-24)9-13-27-18;/h9,13,16,25H,3-8,10-12,14-15H2,1-2H3,(H2,21,22,23);1H. The minimum Gasteiger partial charge on any atom is -0.396 e. The number of fused-ring (bicyclic) bond motifs is 1. The number of hydrogen-bond donors (Lipinski definition) is 3. The van der Waals surface area contributed by atoms with Gasteiger partial charge in [-0.05, 0) is 49.1 Å². The normalized spacial score (nSPS) is 14.8. The number of nitrogens with zero attached hydrogens (tertiary/aromatic N) is 2. The number of hydrogen-bond acceptors (Lipinski definition) is 4. The molecule has 0 aromatic carbocycles. The molecule has 0 radical (unpaired) electrons. The minimum atomic E-state index is 0. The summed E-state index contributed by atoms with van der Waals surface area (Å²) < 4.78 is 0. The van der Waals surface area contributed by atoms with Crippen LogP contribution in [-0.2, 0) is 17.8 Å². The Morgan fingerprint density at radius 3 is 2.89 bits per heavy atom. The monoisotopic (exact) mass is 522 g/mol. The summed E-state index contributed by atoms with van der Waals surface area (Å²) in [4.78, 5) is 20.5. The summed E-state index contributed by atoms with van der Waals surface area (Å²) >= 11 is 1.79. The van der Waals surface area contributed by atoms with Gasteiger partial charge in [-0.15, -0.1) is 35.3 Å². The number of carbonyl (C=O) groups excluding carboxylic acids is 1. The van der Waals surface area contributed by atoms with E-state index in [4.69, 9.17) is 0 Å². The van der Waals surface area contributed by atoms with Gasteiger partial charge in [-0.25, -0.2) is 0 Å². The van der Waals surface area contributed by atoms with Crippen LogP contribution in [0.4, 0.5) is 0 Å². The van der Waals surface area contributed by atoms with E-state index in [0.717, 1.165) is 51.3 Å². The maximum atomic E-state index is 12.5. The van der Waals surface area contributed by atoms with Crippen molar-refractivity contribution in [1.82, 2.24) is 15.5 Å². The van der Waals surface area contributed by atoms with Crippen LogP contribution in [0.2, 0.25) is 0 Å². The molecule has 0 fully saturated rings. The smallest absolute Gasteiger partial charge is 0.224 e. The third-order valence-electron chi connectivity index (χ3n) is 4.88. The van der Waals surface area contributed by atoms with Gasteiger partial charge in [0.1, 0.15) is 0 Å². The van der Waals surface area contributed by atoms with Crippen molar-refractivity contribution in [2.45, 2.75) is 52.5 Å². The Morgan fingerprint density at radius 2 is 2.18 bits per heavy atom. The molecule has 2 rings (SSSR count). The number of carbonyl (C=O) groups is 1. The molecule has 0 spiro atoms. The largest absolute Gasteiger partial charge is 0.396 e. The third-order valence-corrected chi connectivity index (χ3v) is 5.90. The van der Waals surface area contributed by atoms with Gasteiger partial charge in [0.25, 0.3) is 0 Å². The molecule has 1 unspecified atom stereocenters. The minimum absolute atomic E-state index is 0. The number of nitrogens with one attached hydrogen (secondary N) is 2. The van der Waals surface area contributed by atoms with E-state index in [1.54, 1.807) is 11.3 Å². The Labute approximate surface area is 190 Å². The number of aliphatic hydroxyl groups is 1. The summed E-state index contributed by atoms with van der Waals surface area (Å²) in [5, 5.41) is 17.8. The molecular weight excluding hydrogens is 487 g/mol. The molecule has 2 heterocycles. The maximum absolute atomic E-state index is 12.5. The molecule has 1 aliphatic rings. The van der Waals surface area contributed by atoms with Crippen LogP contribution >= 0.6 is 35.3 Å². The summed E-state index contributed by atoms with van der Waals surface area (Å²) in [6.07, 6.45) is 4.40. The highest BCUT2D eigenvalue weighted by Crippen LogP contribution is 2.24. The number of halogens is 1. The van der Waals surface area contributed by atoms with Crippen molar-refractivity contribution >= 4 is 47.2 Å². The fourth-order valence-corrected chi connectivity index (χ4v) is 4.28. The molecule has 0 bridgehead atoms. The summed E-state index contributed by atoms with van der Waals surface area (Å²) in [7, 11) is 0. The molecule has 160 valence electrons. The summed E-state index contributed by atoms with van der Waals surface area (Å²) in [5.74, 6) is 1.35. The van der Waals surface area contributed by atoms with E-state index in [1.165, 1.54) is 10.4 Å². The van der Waals surface area contributed by atoms with Crippen LogP contribution in [0, 0.1) is 5.92 Å². The van der Waals surface area contributed by atoms with Crippen LogP contribution in [-0.4, -0.2) is 54.7 Å². The van der Waals surface area contributed by atoms with Crippen molar-refractivity contribution in [1.29, 1.82) is 0 Å². The third kappa shape index (κ3) is 8.24. The molecular formula is C20H35IN4O2S. The molecule has 0 aliphatic carbocycles. The average Bonchev–Trinajstić information content (AvgIpc) is 3.14. The predicted molar refractivity (Wildman–Crippen MR) is 128 cm³/mol. The van der Waals surface area contributed by atoms with Gasteiger partial charge in [-0.2, -0.15) is 0 Å². The number of guanidine groups is 1. The Morgan fingerprint density at radius 1 is 1.36 bits per heavy atom. The molecule has 1 aromatic heterocycles. The van der Waals surface area contributed by atoms with Gasteiger partial charge in [-0.3, -0.25) is 9.79 Å². The molecule has 1 aliphatic heterocycles. The van der Waals surface area contributed by atoms with Gasteiger partial charge in [0, 0.05) is 50.6 Å². The SMILES string of the molecule is CCCC(CCO)CN=C(NCC)NCCC(=O)N1CCc2sccc2C1.I. The van der Waals surface area contributed by atoms with Crippen LogP contribution in [0.5, 0.6) is 0 Å². The van der Waals surface area contributed by atoms with Crippen LogP contribution < -0.4 is 10.6 Å². The molecule has 6 nitrogen and oxygen atoms in total. The van der Waals surface area contributed by atoms with Gasteiger partial charge in [-0.1, -0.05) is 13.3 Å². The Balaban J connectivity index is 0.00000392. The van der Waals surface area contributed by atoms with E-state index in [1.807, 2.05) is 11.8 Å². The number of aliphatic hydroxyl groups excluding tert-OH is 1. The van der Waals surface area contributed by atoms with E-state index >= 15 is 0 Å². The quantitative estimate of drug-likeness (QED) is 0.251. The average molecular weight is 522 g/mol. The fourth-order valence-electron chi connectivity index (χ4n) is 3.39.